The Bertz CT molecular complexity index is 62.6. The van der Waals surface area contributed by atoms with Crippen LogP contribution in [0.3, 0.4) is 0 Å². The van der Waals surface area contributed by atoms with Crippen LogP contribution >= 0.6 is 0 Å². The van der Waals surface area contributed by atoms with Crippen LogP contribution in [0, 0.1) is 0 Å². The maximum absolute atomic E-state index is 2.31. The molecule has 11 heavy (non-hydrogen) atoms. The Morgan fingerprint density at radius 3 is 1.64 bits per heavy atom. The fourth-order valence-electron chi connectivity index (χ4n) is 0.529. The molecule has 0 heterocycles. The molecule has 0 rings (SSSR count). The summed E-state index contributed by atoms with van der Waals surface area (Å²) in [6, 6.07) is 0. The van der Waals surface area contributed by atoms with Crippen LogP contribution in [-0.2, 0) is 0 Å². The molecular formula is C9H26N2. The molecule has 0 aliphatic rings. The number of hydrogen-bond donors (Lipinski definition) is 0. The van der Waals surface area contributed by atoms with Gasteiger partial charge < -0.3 is 9.80 Å². The fourth-order valence-corrected chi connectivity index (χ4v) is 0.529. The lowest BCUT2D eigenvalue weighted by atomic mass is 10.5. The van der Waals surface area contributed by atoms with Crippen LogP contribution in [-0.4, -0.2) is 50.6 Å². The maximum atomic E-state index is 2.31. The highest BCUT2D eigenvalue weighted by molar-refractivity contribution is 4.49. The Balaban J connectivity index is -0.000000320. The second-order valence-electron chi connectivity index (χ2n) is 2.70. The molecule has 0 aliphatic carbocycles. The van der Waals surface area contributed by atoms with E-state index < -0.39 is 0 Å². The number of rotatable bonds is 4. The first-order valence-corrected chi connectivity index (χ1v) is 3.50. The highest BCUT2D eigenvalue weighted by Gasteiger charge is 1.93. The molecule has 0 fully saturated rings. The molecule has 0 radical (unpaired) electrons. The van der Waals surface area contributed by atoms with Crippen molar-refractivity contribution >= 4 is 0 Å². The van der Waals surface area contributed by atoms with Gasteiger partial charge in [0.25, 0.3) is 0 Å². The van der Waals surface area contributed by atoms with E-state index in [9.17, 15) is 0 Å². The Hall–Kier alpha value is -0.0800. The summed E-state index contributed by atoms with van der Waals surface area (Å²) in [7, 11) is 6.34. The van der Waals surface area contributed by atoms with Crippen LogP contribution in [0.1, 0.15) is 21.8 Å². The fraction of sp³-hybridized carbons (Fsp3) is 1.00. The van der Waals surface area contributed by atoms with Crippen molar-refractivity contribution in [2.24, 2.45) is 0 Å². The summed E-state index contributed by atoms with van der Waals surface area (Å²) in [6.45, 7) is 5.65. The molecule has 0 aromatic carbocycles. The minimum atomic E-state index is 0. The molecule has 0 aromatic rings. The van der Waals surface area contributed by atoms with Crippen LogP contribution in [0.5, 0.6) is 0 Å². The normalized spacial score (nSPS) is 9.27. The summed E-state index contributed by atoms with van der Waals surface area (Å²) in [5.74, 6) is 0. The highest BCUT2D eigenvalue weighted by atomic mass is 15.1. The number of hydrogen-bond acceptors (Lipinski definition) is 2. The first kappa shape index (κ1) is 17.1. The minimum absolute atomic E-state index is 0. The zero-order valence-corrected chi connectivity index (χ0v) is 7.02. The lowest BCUT2D eigenvalue weighted by Crippen LogP contribution is -2.28. The second-order valence-corrected chi connectivity index (χ2v) is 2.70. The summed E-state index contributed by atoms with van der Waals surface area (Å²) >= 11 is 0. The maximum Gasteiger partial charge on any atom is 0.0106 e. The summed E-state index contributed by atoms with van der Waals surface area (Å²) in [5.41, 5.74) is 0. The second kappa shape index (κ2) is 9.92. The van der Waals surface area contributed by atoms with Gasteiger partial charge in [-0.15, -0.1) is 0 Å². The topological polar surface area (TPSA) is 6.48 Å². The van der Waals surface area contributed by atoms with E-state index in [0.29, 0.717) is 0 Å². The van der Waals surface area contributed by atoms with Gasteiger partial charge in [-0.25, -0.2) is 0 Å². The molecule has 2 nitrogen and oxygen atoms in total. The third-order valence-corrected chi connectivity index (χ3v) is 1.47. The van der Waals surface area contributed by atoms with E-state index >= 15 is 0 Å². The Labute approximate surface area is 73.2 Å². The highest BCUT2D eigenvalue weighted by Crippen LogP contribution is 1.81. The quantitative estimate of drug-likeness (QED) is 0.621. The van der Waals surface area contributed by atoms with E-state index in [4.69, 9.17) is 0 Å². The first-order chi connectivity index (χ1) is 4.16. The zero-order valence-electron chi connectivity index (χ0n) is 7.02. The van der Waals surface area contributed by atoms with Crippen LogP contribution in [0.15, 0.2) is 0 Å². The Morgan fingerprint density at radius 2 is 1.36 bits per heavy atom. The van der Waals surface area contributed by atoms with E-state index in [1.165, 1.54) is 6.54 Å². The van der Waals surface area contributed by atoms with E-state index in [1.807, 2.05) is 0 Å². The Morgan fingerprint density at radius 1 is 0.909 bits per heavy atom. The van der Waals surface area contributed by atoms with E-state index in [0.717, 1.165) is 13.1 Å². The van der Waals surface area contributed by atoms with Crippen molar-refractivity contribution in [1.29, 1.82) is 0 Å². The molecule has 0 amide bonds. The van der Waals surface area contributed by atoms with Crippen molar-refractivity contribution in [3.8, 4) is 0 Å². The van der Waals surface area contributed by atoms with Crippen molar-refractivity contribution in [2.45, 2.75) is 21.8 Å². The van der Waals surface area contributed by atoms with Crippen molar-refractivity contribution in [3.63, 3.8) is 0 Å². The van der Waals surface area contributed by atoms with Crippen molar-refractivity contribution < 1.29 is 0 Å². The molecule has 0 N–H and O–H groups in total. The summed E-state index contributed by atoms with van der Waals surface area (Å²) in [6.07, 6.45) is 0. The van der Waals surface area contributed by atoms with Crippen molar-refractivity contribution in [2.75, 3.05) is 40.8 Å². The smallest absolute Gasteiger partial charge is 0.0106 e. The predicted octanol–water partition coefficient (Wildman–Crippen LogP) is 1.77. The van der Waals surface area contributed by atoms with Crippen LogP contribution in [0.2, 0.25) is 0 Å². The van der Waals surface area contributed by atoms with E-state index in [2.05, 4.69) is 37.9 Å². The molecule has 0 unspecified atom stereocenters. The number of nitrogens with zero attached hydrogens (tertiary/aromatic N) is 2. The van der Waals surface area contributed by atoms with Crippen molar-refractivity contribution in [1.82, 2.24) is 9.80 Å². The third kappa shape index (κ3) is 13.0. The number of likely N-dealkylation sites (N-methyl/N-ethyl adjacent to an activating group) is 2. The van der Waals surface area contributed by atoms with Crippen LogP contribution < -0.4 is 0 Å². The molecule has 0 bridgehead atoms. The van der Waals surface area contributed by atoms with Gasteiger partial charge in [0.15, 0.2) is 0 Å². The predicted molar refractivity (Wildman–Crippen MR) is 55.2 cm³/mol. The molecule has 0 aliphatic heterocycles. The molecule has 2 heteroatoms. The van der Waals surface area contributed by atoms with Gasteiger partial charge in [-0.2, -0.15) is 0 Å². The zero-order chi connectivity index (χ0) is 7.28. The van der Waals surface area contributed by atoms with Gasteiger partial charge in [-0.05, 0) is 27.7 Å². The molecule has 0 saturated carbocycles. The average molecular weight is 162 g/mol. The molecule has 0 atom stereocenters. The lowest BCUT2D eigenvalue weighted by molar-refractivity contribution is 0.292. The summed E-state index contributed by atoms with van der Waals surface area (Å²) in [4.78, 5) is 4.51. The van der Waals surface area contributed by atoms with Gasteiger partial charge in [0.1, 0.15) is 0 Å². The van der Waals surface area contributed by atoms with Gasteiger partial charge in [0, 0.05) is 13.1 Å². The molecule has 0 spiro atoms. The van der Waals surface area contributed by atoms with Gasteiger partial charge >= 0.3 is 0 Å². The molecular weight excluding hydrogens is 136 g/mol. The molecule has 72 valence electrons. The first-order valence-electron chi connectivity index (χ1n) is 3.50. The van der Waals surface area contributed by atoms with Crippen LogP contribution in [0.4, 0.5) is 0 Å². The van der Waals surface area contributed by atoms with Gasteiger partial charge in [0.05, 0.1) is 0 Å². The summed E-state index contributed by atoms with van der Waals surface area (Å²) in [5, 5.41) is 0. The Kier molecular flexibility index (Phi) is 15.4. The minimum Gasteiger partial charge on any atom is -0.308 e. The van der Waals surface area contributed by atoms with Crippen molar-refractivity contribution in [3.05, 3.63) is 0 Å². The average Bonchev–Trinajstić information content (AvgIpc) is 1.83. The standard InChI is InChI=1S/C7H18N2.2CH4/c1-5-9(4)7-6-8(2)3;;/h5-7H2,1-4H3;2*1H4. The van der Waals surface area contributed by atoms with E-state index in [1.54, 1.807) is 0 Å². The van der Waals surface area contributed by atoms with Gasteiger partial charge in [-0.3, -0.25) is 0 Å². The van der Waals surface area contributed by atoms with Gasteiger partial charge in [-0.1, -0.05) is 21.8 Å². The van der Waals surface area contributed by atoms with E-state index in [-0.39, 0.29) is 14.9 Å². The molecule has 0 saturated heterocycles. The summed E-state index contributed by atoms with van der Waals surface area (Å²) < 4.78 is 0. The SMILES string of the molecule is C.C.CCN(C)CCN(C)C. The molecule has 0 aromatic heterocycles. The van der Waals surface area contributed by atoms with Crippen LogP contribution in [0.25, 0.3) is 0 Å². The lowest BCUT2D eigenvalue weighted by Gasteiger charge is -2.16. The monoisotopic (exact) mass is 162 g/mol. The largest absolute Gasteiger partial charge is 0.308 e. The third-order valence-electron chi connectivity index (χ3n) is 1.47. The van der Waals surface area contributed by atoms with Gasteiger partial charge in [0.2, 0.25) is 0 Å².